The summed E-state index contributed by atoms with van der Waals surface area (Å²) in [5.41, 5.74) is 12.5. The third kappa shape index (κ3) is 24.1. The molecule has 0 spiro atoms. The molecule has 0 atom stereocenters. The van der Waals surface area contributed by atoms with Gasteiger partial charge in [0, 0.05) is 18.6 Å². The first-order chi connectivity index (χ1) is 18.0. The van der Waals surface area contributed by atoms with Gasteiger partial charge in [-0.05, 0) is 0 Å². The average Bonchev–Trinajstić information content (AvgIpc) is 3.04. The quantitative estimate of drug-likeness (QED) is 0.225. The van der Waals surface area contributed by atoms with Gasteiger partial charge in [-0.2, -0.15) is 5.48 Å². The van der Waals surface area contributed by atoms with Crippen LogP contribution in [0, 0.1) is 0 Å². The molecule has 36 heavy (non-hydrogen) atoms. The van der Waals surface area contributed by atoms with Crippen molar-refractivity contribution in [2.24, 2.45) is 30.1 Å². The number of aliphatic imine (C=N–C) groups is 5. The van der Waals surface area contributed by atoms with Crippen molar-refractivity contribution in [1.82, 2.24) is 32.7 Å². The van der Waals surface area contributed by atoms with E-state index >= 15 is 0 Å². The van der Waals surface area contributed by atoms with Crippen LogP contribution >= 0.6 is 0 Å². The fraction of sp³-hybridized carbons (Fsp3) is 0.333. The fourth-order valence-corrected chi connectivity index (χ4v) is 1.51. The summed E-state index contributed by atoms with van der Waals surface area (Å²) in [5, 5.41) is 6.22. The van der Waals surface area contributed by atoms with Crippen LogP contribution in [0.1, 0.15) is 0 Å². The Morgan fingerprint density at radius 2 is 1.53 bits per heavy atom. The summed E-state index contributed by atoms with van der Waals surface area (Å²) >= 11 is 0. The van der Waals surface area contributed by atoms with E-state index in [4.69, 9.17) is 0 Å². The molecule has 0 fully saturated rings. The molecule has 0 radical (unpaired) electrons. The third-order valence-corrected chi connectivity index (χ3v) is 2.87. The molecule has 18 heteroatoms. The monoisotopic (exact) mass is 510 g/mol. The number of hydrogen-bond donors (Lipinski definition) is 6. The number of rotatable bonds is 0. The largest absolute Gasteiger partial charge is 0.413 e. The predicted octanol–water partition coefficient (Wildman–Crippen LogP) is -1.29. The molecule has 0 amide bonds. The molecular weight excluding hydrogens is 480 g/mol. The van der Waals surface area contributed by atoms with Crippen molar-refractivity contribution >= 4 is 37.8 Å². The van der Waals surface area contributed by atoms with Crippen molar-refractivity contribution < 1.29 is 29.0 Å². The van der Waals surface area contributed by atoms with Gasteiger partial charge in [-0.3, -0.25) is 25.1 Å². The van der Waals surface area contributed by atoms with Crippen LogP contribution in [-0.4, -0.2) is 77.5 Å². The Kier molecular flexibility index (Phi) is 21.9. The highest BCUT2D eigenvalue weighted by Crippen LogP contribution is 1.78. The van der Waals surface area contributed by atoms with Crippen molar-refractivity contribution in [3.05, 3.63) is 37.4 Å². The Labute approximate surface area is 207 Å². The predicted molar refractivity (Wildman–Crippen MR) is 133 cm³/mol. The fourth-order valence-electron chi connectivity index (χ4n) is 1.51. The normalized spacial score (nSPS) is 18.2. The van der Waals surface area contributed by atoms with E-state index in [-0.39, 0.29) is 0 Å². The van der Waals surface area contributed by atoms with Gasteiger partial charge in [0.1, 0.15) is 51.1 Å². The van der Waals surface area contributed by atoms with E-state index in [0.29, 0.717) is 33.2 Å². The van der Waals surface area contributed by atoms with Gasteiger partial charge in [-0.1, -0.05) is 5.16 Å². The lowest BCUT2D eigenvalue weighted by Gasteiger charge is -2.06. The summed E-state index contributed by atoms with van der Waals surface area (Å²) in [6.07, 6.45) is 18.5. The summed E-state index contributed by atoms with van der Waals surface area (Å²) in [6.45, 7) is 3.87. The number of hydroxylamine groups is 5. The number of hydrogen-bond acceptors (Lipinski definition) is 18. The second-order valence-corrected chi connectivity index (χ2v) is 5.37. The van der Waals surface area contributed by atoms with Gasteiger partial charge >= 0.3 is 0 Å². The van der Waals surface area contributed by atoms with Gasteiger partial charge in [-0.25, -0.2) is 25.9 Å². The van der Waals surface area contributed by atoms with Crippen molar-refractivity contribution in [2.45, 2.75) is 0 Å². The Balaban J connectivity index is 0.000000216. The summed E-state index contributed by atoms with van der Waals surface area (Å²) in [4.78, 5) is 45.9. The lowest BCUT2D eigenvalue weighted by atomic mass is 10.7. The summed E-state index contributed by atoms with van der Waals surface area (Å²) in [6, 6.07) is 0. The topological polar surface area (TPSA) is 202 Å². The smallest absolute Gasteiger partial charge is 0.154 e. The first kappa shape index (κ1) is 29.5. The molecule has 0 saturated heterocycles. The van der Waals surface area contributed by atoms with Crippen LogP contribution < -0.4 is 32.7 Å². The van der Waals surface area contributed by atoms with Crippen molar-refractivity contribution in [2.75, 3.05) is 39.7 Å². The molecule has 0 bridgehead atoms. The van der Waals surface area contributed by atoms with Gasteiger partial charge in [0.25, 0.3) is 0 Å². The van der Waals surface area contributed by atoms with E-state index in [1.54, 1.807) is 43.6 Å². The van der Waals surface area contributed by atoms with E-state index in [1.807, 2.05) is 0 Å². The van der Waals surface area contributed by atoms with E-state index in [9.17, 15) is 0 Å². The molecule has 6 N–H and O–H groups in total. The molecule has 0 aliphatic carbocycles. The molecule has 6 aliphatic rings. The zero-order valence-electron chi connectivity index (χ0n) is 19.3. The van der Waals surface area contributed by atoms with E-state index in [0.717, 1.165) is 6.54 Å². The van der Waals surface area contributed by atoms with Crippen LogP contribution in [-0.2, 0) is 29.0 Å². The van der Waals surface area contributed by atoms with Gasteiger partial charge in [0.2, 0.25) is 0 Å². The number of nitrogens with one attached hydrogen (secondary N) is 6. The van der Waals surface area contributed by atoms with E-state index < -0.39 is 0 Å². The SMILES string of the molecule is C1=CONC=N1.C1=CONC=N1.C1=CONCN1.C1=NC=NOC1.C1=NCCON1.C1=NCNOC1. The Morgan fingerprint density at radius 1 is 0.694 bits per heavy atom. The highest BCUT2D eigenvalue weighted by atomic mass is 16.7. The van der Waals surface area contributed by atoms with E-state index in [2.05, 4.69) is 91.9 Å². The van der Waals surface area contributed by atoms with Gasteiger partial charge in [-0.15, -0.1) is 5.48 Å². The molecular formula is C18H30N12O6. The van der Waals surface area contributed by atoms with Crippen LogP contribution in [0.5, 0.6) is 0 Å². The Hall–Kier alpha value is -4.52. The molecule has 0 aromatic rings. The zero-order chi connectivity index (χ0) is 25.5. The minimum atomic E-state index is 0.510. The first-order valence-electron chi connectivity index (χ1n) is 10.3. The minimum absolute atomic E-state index is 0.510. The maximum absolute atomic E-state index is 4.67. The lowest BCUT2D eigenvalue weighted by molar-refractivity contribution is 0.0660. The standard InChI is InChI=1S/3C3H6N2O.3C3H4N2O/c6*1-2-6-5-3-4-1/h3H,1-2H2,(H,4,5);1,5H,2-3H2;1-2,4-5H,3H2;1,3H,2H2;2*1-3H,(H,4,5). The van der Waals surface area contributed by atoms with Crippen molar-refractivity contribution in [3.8, 4) is 0 Å². The van der Waals surface area contributed by atoms with Crippen LogP contribution in [0.2, 0.25) is 0 Å². The lowest BCUT2D eigenvalue weighted by Crippen LogP contribution is -2.27. The third-order valence-electron chi connectivity index (χ3n) is 2.87. The van der Waals surface area contributed by atoms with Gasteiger partial charge in [0.05, 0.1) is 32.2 Å². The van der Waals surface area contributed by atoms with E-state index in [1.165, 1.54) is 31.5 Å². The average molecular weight is 511 g/mol. The van der Waals surface area contributed by atoms with Gasteiger partial charge < -0.3 is 24.7 Å². The van der Waals surface area contributed by atoms with Crippen LogP contribution in [0.15, 0.2) is 67.5 Å². The molecule has 0 aromatic carbocycles. The Morgan fingerprint density at radius 3 is 1.67 bits per heavy atom. The number of nitrogens with zero attached hydrogens (tertiary/aromatic N) is 6. The van der Waals surface area contributed by atoms with Crippen molar-refractivity contribution in [3.63, 3.8) is 0 Å². The summed E-state index contributed by atoms with van der Waals surface area (Å²) in [7, 11) is 0. The molecule has 6 heterocycles. The molecule has 0 aromatic heterocycles. The maximum atomic E-state index is 4.67. The van der Waals surface area contributed by atoms with Gasteiger partial charge in [0.15, 0.2) is 12.9 Å². The minimum Gasteiger partial charge on any atom is -0.413 e. The molecule has 0 saturated carbocycles. The van der Waals surface area contributed by atoms with Crippen LogP contribution in [0.4, 0.5) is 0 Å². The van der Waals surface area contributed by atoms with Crippen molar-refractivity contribution in [1.29, 1.82) is 0 Å². The summed E-state index contributed by atoms with van der Waals surface area (Å²) in [5.74, 6) is 0. The second-order valence-electron chi connectivity index (χ2n) is 5.37. The second kappa shape index (κ2) is 26.7. The highest BCUT2D eigenvalue weighted by Gasteiger charge is 1.86. The summed E-state index contributed by atoms with van der Waals surface area (Å²) < 4.78 is 0. The van der Waals surface area contributed by atoms with Crippen LogP contribution in [0.3, 0.4) is 0 Å². The zero-order valence-corrected chi connectivity index (χ0v) is 19.3. The molecule has 18 nitrogen and oxygen atoms in total. The highest BCUT2D eigenvalue weighted by molar-refractivity contribution is 5.73. The molecule has 0 unspecified atom stereocenters. The van der Waals surface area contributed by atoms with Crippen LogP contribution in [0.25, 0.3) is 0 Å². The maximum Gasteiger partial charge on any atom is 0.154 e. The first-order valence-corrected chi connectivity index (χ1v) is 10.3. The molecule has 6 rings (SSSR count). The molecule has 6 aliphatic heterocycles. The number of oxime groups is 1. The Bertz CT molecular complexity index is 610. The molecule has 198 valence electrons.